The maximum atomic E-state index is 15.3. The first kappa shape index (κ1) is 20.8. The standard InChI is InChI=1S/C20H21F4NO2S/c1-14(12-15-2-3-17(22)13-19(15)23)25-10-8-20(24,9-11-25)28(26,27)18-6-4-16(21)5-7-18/h2-7,13-14H,8-12H2,1H3. The molecule has 0 spiro atoms. The highest BCUT2D eigenvalue weighted by atomic mass is 32.2. The van der Waals surface area contributed by atoms with Crippen LogP contribution in [0.5, 0.6) is 0 Å². The number of halogens is 4. The zero-order valence-electron chi connectivity index (χ0n) is 15.3. The van der Waals surface area contributed by atoms with Gasteiger partial charge in [0.1, 0.15) is 17.5 Å². The van der Waals surface area contributed by atoms with Crippen LogP contribution in [0.2, 0.25) is 0 Å². The Morgan fingerprint density at radius 1 is 1.00 bits per heavy atom. The predicted molar refractivity (Wildman–Crippen MR) is 97.8 cm³/mol. The Balaban J connectivity index is 1.68. The molecular formula is C20H21F4NO2S. The highest BCUT2D eigenvalue weighted by Gasteiger charge is 2.47. The number of benzene rings is 2. The molecule has 3 nitrogen and oxygen atoms in total. The minimum atomic E-state index is -4.26. The molecule has 1 aliphatic rings. The van der Waals surface area contributed by atoms with Crippen LogP contribution >= 0.6 is 0 Å². The minimum Gasteiger partial charge on any atom is -0.300 e. The first-order chi connectivity index (χ1) is 13.1. The summed E-state index contributed by atoms with van der Waals surface area (Å²) in [7, 11) is -4.26. The summed E-state index contributed by atoms with van der Waals surface area (Å²) in [5, 5.41) is -2.43. The van der Waals surface area contributed by atoms with E-state index in [0.29, 0.717) is 12.0 Å². The molecule has 0 radical (unpaired) electrons. The highest BCUT2D eigenvalue weighted by molar-refractivity contribution is 7.92. The lowest BCUT2D eigenvalue weighted by atomic mass is 10.0. The number of alkyl halides is 1. The molecule has 1 atom stereocenters. The summed E-state index contributed by atoms with van der Waals surface area (Å²) in [6.07, 6.45) is -0.165. The molecular weight excluding hydrogens is 394 g/mol. The average Bonchev–Trinajstić information content (AvgIpc) is 2.65. The minimum absolute atomic E-state index is 0.168. The van der Waals surface area contributed by atoms with Gasteiger partial charge < -0.3 is 4.90 Å². The lowest BCUT2D eigenvalue weighted by Crippen LogP contribution is -2.49. The lowest BCUT2D eigenvalue weighted by molar-refractivity contribution is 0.0930. The second-order valence-electron chi connectivity index (χ2n) is 7.17. The maximum Gasteiger partial charge on any atom is 0.217 e. The Hall–Kier alpha value is -1.93. The zero-order chi connectivity index (χ0) is 20.5. The topological polar surface area (TPSA) is 37.4 Å². The third-order valence-electron chi connectivity index (χ3n) is 5.30. The van der Waals surface area contributed by atoms with Crippen LogP contribution in [0.15, 0.2) is 47.4 Å². The van der Waals surface area contributed by atoms with Gasteiger partial charge in [-0.05, 0) is 49.2 Å². The fourth-order valence-corrected chi connectivity index (χ4v) is 5.16. The second-order valence-corrected chi connectivity index (χ2v) is 9.38. The van der Waals surface area contributed by atoms with Gasteiger partial charge in [-0.2, -0.15) is 0 Å². The average molecular weight is 415 g/mol. The zero-order valence-corrected chi connectivity index (χ0v) is 16.2. The van der Waals surface area contributed by atoms with Crippen molar-refractivity contribution in [2.24, 2.45) is 0 Å². The number of hydrogen-bond donors (Lipinski definition) is 0. The van der Waals surface area contributed by atoms with Crippen LogP contribution in [0.4, 0.5) is 17.6 Å². The monoisotopic (exact) mass is 415 g/mol. The number of sulfone groups is 1. The quantitative estimate of drug-likeness (QED) is 0.541. The van der Waals surface area contributed by atoms with Crippen LogP contribution < -0.4 is 0 Å². The molecule has 8 heteroatoms. The Morgan fingerprint density at radius 2 is 1.57 bits per heavy atom. The number of rotatable bonds is 5. The lowest BCUT2D eigenvalue weighted by Gasteiger charge is -2.39. The molecule has 1 unspecified atom stereocenters. The molecule has 1 fully saturated rings. The van der Waals surface area contributed by atoms with E-state index in [1.807, 2.05) is 11.8 Å². The number of piperidine rings is 1. The first-order valence-electron chi connectivity index (χ1n) is 8.99. The van der Waals surface area contributed by atoms with E-state index >= 15 is 4.39 Å². The van der Waals surface area contributed by atoms with Gasteiger partial charge in [0.25, 0.3) is 0 Å². The third kappa shape index (κ3) is 4.07. The smallest absolute Gasteiger partial charge is 0.217 e. The van der Waals surface area contributed by atoms with E-state index in [1.165, 1.54) is 12.1 Å². The van der Waals surface area contributed by atoms with Gasteiger partial charge in [0.15, 0.2) is 0 Å². The van der Waals surface area contributed by atoms with Crippen LogP contribution in [0.3, 0.4) is 0 Å². The normalized spacial score (nSPS) is 18.8. The molecule has 0 N–H and O–H groups in total. The van der Waals surface area contributed by atoms with Crippen LogP contribution in [0, 0.1) is 17.5 Å². The first-order valence-corrected chi connectivity index (χ1v) is 10.5. The van der Waals surface area contributed by atoms with Gasteiger partial charge >= 0.3 is 0 Å². The fraction of sp³-hybridized carbons (Fsp3) is 0.400. The van der Waals surface area contributed by atoms with Crippen LogP contribution in [0.1, 0.15) is 25.3 Å². The van der Waals surface area contributed by atoms with E-state index in [9.17, 15) is 21.6 Å². The summed E-state index contributed by atoms with van der Waals surface area (Å²) in [6.45, 7) is 2.20. The summed E-state index contributed by atoms with van der Waals surface area (Å²) in [5.41, 5.74) is 0.352. The number of hydrogen-bond acceptors (Lipinski definition) is 3. The van der Waals surface area contributed by atoms with E-state index in [4.69, 9.17) is 0 Å². The van der Waals surface area contributed by atoms with Gasteiger partial charge in [-0.25, -0.2) is 26.0 Å². The van der Waals surface area contributed by atoms with E-state index in [2.05, 4.69) is 0 Å². The summed E-state index contributed by atoms with van der Waals surface area (Å²) in [5.74, 6) is -1.88. The molecule has 2 aromatic carbocycles. The van der Waals surface area contributed by atoms with E-state index < -0.39 is 32.3 Å². The predicted octanol–water partition coefficient (Wildman–Crippen LogP) is 4.27. The Labute approximate surface area is 161 Å². The van der Waals surface area contributed by atoms with Gasteiger partial charge in [0, 0.05) is 38.0 Å². The molecule has 152 valence electrons. The van der Waals surface area contributed by atoms with Crippen molar-refractivity contribution in [2.75, 3.05) is 13.1 Å². The highest BCUT2D eigenvalue weighted by Crippen LogP contribution is 2.37. The molecule has 1 saturated heterocycles. The maximum absolute atomic E-state index is 15.3. The molecule has 0 saturated carbocycles. The summed E-state index contributed by atoms with van der Waals surface area (Å²) < 4.78 is 80.5. The Kier molecular flexibility index (Phi) is 5.82. The molecule has 28 heavy (non-hydrogen) atoms. The van der Waals surface area contributed by atoms with Gasteiger partial charge in [-0.15, -0.1) is 0 Å². The molecule has 3 rings (SSSR count). The van der Waals surface area contributed by atoms with Crippen molar-refractivity contribution in [3.63, 3.8) is 0 Å². The SMILES string of the molecule is CC(Cc1ccc(F)cc1F)N1CCC(F)(S(=O)(=O)c2ccc(F)cc2)CC1. The molecule has 1 heterocycles. The van der Waals surface area contributed by atoms with E-state index in [-0.39, 0.29) is 36.9 Å². The second kappa shape index (κ2) is 7.83. The number of likely N-dealkylation sites (tertiary alicyclic amines) is 1. The molecule has 0 aromatic heterocycles. The summed E-state index contributed by atoms with van der Waals surface area (Å²) >= 11 is 0. The molecule has 0 amide bonds. The van der Waals surface area contributed by atoms with Crippen molar-refractivity contribution in [3.8, 4) is 0 Å². The summed E-state index contributed by atoms with van der Waals surface area (Å²) in [4.78, 5) is 1.65. The van der Waals surface area contributed by atoms with Crippen molar-refractivity contribution >= 4 is 9.84 Å². The Bertz CT molecular complexity index is 939. The van der Waals surface area contributed by atoms with Crippen molar-refractivity contribution in [1.82, 2.24) is 4.90 Å². The van der Waals surface area contributed by atoms with Crippen LogP contribution in [-0.4, -0.2) is 37.4 Å². The van der Waals surface area contributed by atoms with Gasteiger partial charge in [0.2, 0.25) is 14.8 Å². The van der Waals surface area contributed by atoms with Crippen LogP contribution in [-0.2, 0) is 16.3 Å². The summed E-state index contributed by atoms with van der Waals surface area (Å²) in [6, 6.07) is 7.33. The van der Waals surface area contributed by atoms with E-state index in [1.54, 1.807) is 0 Å². The fourth-order valence-electron chi connectivity index (χ4n) is 3.53. The molecule has 1 aliphatic heterocycles. The largest absolute Gasteiger partial charge is 0.300 e. The van der Waals surface area contributed by atoms with Gasteiger partial charge in [-0.3, -0.25) is 0 Å². The van der Waals surface area contributed by atoms with Crippen molar-refractivity contribution in [3.05, 3.63) is 65.5 Å². The molecule has 0 bridgehead atoms. The van der Waals surface area contributed by atoms with Gasteiger partial charge in [-0.1, -0.05) is 6.07 Å². The Morgan fingerprint density at radius 3 is 2.14 bits per heavy atom. The van der Waals surface area contributed by atoms with E-state index in [0.717, 1.165) is 30.3 Å². The number of nitrogens with zero attached hydrogens (tertiary/aromatic N) is 1. The van der Waals surface area contributed by atoms with Crippen molar-refractivity contribution in [1.29, 1.82) is 0 Å². The van der Waals surface area contributed by atoms with Crippen LogP contribution in [0.25, 0.3) is 0 Å². The van der Waals surface area contributed by atoms with Crippen molar-refractivity contribution < 1.29 is 26.0 Å². The van der Waals surface area contributed by atoms with Gasteiger partial charge in [0.05, 0.1) is 4.90 Å². The molecule has 0 aliphatic carbocycles. The molecule has 2 aromatic rings. The van der Waals surface area contributed by atoms with Crippen molar-refractivity contribution in [2.45, 2.75) is 42.1 Å². The third-order valence-corrected chi connectivity index (χ3v) is 7.57.